The number of rotatable bonds is 7. The summed E-state index contributed by atoms with van der Waals surface area (Å²) in [5.74, 6) is -4.06. The molecule has 0 aliphatic heterocycles. The predicted octanol–water partition coefficient (Wildman–Crippen LogP) is 3.49. The third-order valence-corrected chi connectivity index (χ3v) is 5.78. The molecule has 1 aliphatic rings. The zero-order chi connectivity index (χ0) is 24.2. The van der Waals surface area contributed by atoms with Crippen LogP contribution in [0.3, 0.4) is 0 Å². The minimum absolute atomic E-state index is 0.148. The third kappa shape index (κ3) is 5.02. The Morgan fingerprint density at radius 3 is 1.94 bits per heavy atom. The number of carbonyl (C=O) groups excluding carboxylic acids is 3. The Labute approximate surface area is 200 Å². The van der Waals surface area contributed by atoms with Gasteiger partial charge in [-0.05, 0) is 61.5 Å². The van der Waals surface area contributed by atoms with E-state index in [1.165, 1.54) is 10.6 Å². The fourth-order valence-electron chi connectivity index (χ4n) is 3.83. The highest BCUT2D eigenvalue weighted by molar-refractivity contribution is 6.30. The average molecular weight is 480 g/mol. The molecule has 8 nitrogen and oxygen atoms in total. The molecule has 3 unspecified atom stereocenters. The van der Waals surface area contributed by atoms with Gasteiger partial charge in [-0.2, -0.15) is 0 Å². The van der Waals surface area contributed by atoms with E-state index < -0.39 is 35.5 Å². The van der Waals surface area contributed by atoms with Gasteiger partial charge in [0, 0.05) is 34.3 Å². The number of carbonyl (C=O) groups is 3. The standard InChI is InChI=1S/C25H22ClN3O5/c1-2-34-25(33)22-20(23(31)27-16-8-6-15(26)7-9-16)21(22)24(32)28-17-10-12-18(13-11-17)29-14-4-3-5-19(29)30/h3-14,20-22H,2H2,1H3,(H,27,31)(H,28,32). The summed E-state index contributed by atoms with van der Waals surface area (Å²) in [4.78, 5) is 50.1. The highest BCUT2D eigenvalue weighted by Crippen LogP contribution is 2.48. The number of benzene rings is 2. The lowest BCUT2D eigenvalue weighted by Gasteiger charge is -2.08. The van der Waals surface area contributed by atoms with Crippen LogP contribution in [0.15, 0.2) is 77.7 Å². The van der Waals surface area contributed by atoms with E-state index in [1.54, 1.807) is 73.8 Å². The summed E-state index contributed by atoms with van der Waals surface area (Å²) in [5.41, 5.74) is 1.45. The van der Waals surface area contributed by atoms with Gasteiger partial charge in [-0.3, -0.25) is 23.7 Å². The fourth-order valence-corrected chi connectivity index (χ4v) is 3.95. The molecule has 3 atom stereocenters. The molecule has 1 aliphatic carbocycles. The summed E-state index contributed by atoms with van der Waals surface area (Å²) in [6, 6.07) is 18.1. The molecule has 0 bridgehead atoms. The number of ether oxygens (including phenoxy) is 1. The number of nitrogens with one attached hydrogen (secondary N) is 2. The lowest BCUT2D eigenvalue weighted by Crippen LogP contribution is -2.20. The van der Waals surface area contributed by atoms with Crippen molar-refractivity contribution in [1.82, 2.24) is 4.57 Å². The summed E-state index contributed by atoms with van der Waals surface area (Å²) < 4.78 is 6.54. The van der Waals surface area contributed by atoms with Crippen molar-refractivity contribution in [3.05, 3.63) is 88.3 Å². The monoisotopic (exact) mass is 479 g/mol. The number of hydrogen-bond acceptors (Lipinski definition) is 5. The van der Waals surface area contributed by atoms with E-state index in [-0.39, 0.29) is 12.2 Å². The van der Waals surface area contributed by atoms with E-state index in [1.807, 2.05) is 0 Å². The van der Waals surface area contributed by atoms with Gasteiger partial charge >= 0.3 is 5.97 Å². The molecule has 2 N–H and O–H groups in total. The largest absolute Gasteiger partial charge is 0.466 e. The van der Waals surface area contributed by atoms with Crippen molar-refractivity contribution in [2.24, 2.45) is 17.8 Å². The van der Waals surface area contributed by atoms with Crippen LogP contribution in [-0.2, 0) is 19.1 Å². The van der Waals surface area contributed by atoms with Gasteiger partial charge in [-0.1, -0.05) is 17.7 Å². The average Bonchev–Trinajstić information content (AvgIpc) is 3.58. The number of hydrogen-bond donors (Lipinski definition) is 2. The van der Waals surface area contributed by atoms with Gasteiger partial charge < -0.3 is 15.4 Å². The molecule has 2 aromatic carbocycles. The first-order valence-electron chi connectivity index (χ1n) is 10.7. The van der Waals surface area contributed by atoms with Crippen LogP contribution in [0, 0.1) is 17.8 Å². The summed E-state index contributed by atoms with van der Waals surface area (Å²) in [6.45, 7) is 1.81. The van der Waals surface area contributed by atoms with Crippen molar-refractivity contribution in [3.63, 3.8) is 0 Å². The molecule has 9 heteroatoms. The number of pyridine rings is 1. The van der Waals surface area contributed by atoms with E-state index in [0.29, 0.717) is 22.1 Å². The Morgan fingerprint density at radius 2 is 1.41 bits per heavy atom. The Hall–Kier alpha value is -3.91. The number of halogens is 1. The number of amides is 2. The number of aromatic nitrogens is 1. The van der Waals surface area contributed by atoms with Gasteiger partial charge in [0.1, 0.15) is 0 Å². The van der Waals surface area contributed by atoms with Gasteiger partial charge in [0.25, 0.3) is 5.56 Å². The molecular formula is C25H22ClN3O5. The molecule has 0 spiro atoms. The van der Waals surface area contributed by atoms with E-state index >= 15 is 0 Å². The Kier molecular flexibility index (Phi) is 6.79. The second kappa shape index (κ2) is 9.93. The van der Waals surface area contributed by atoms with Crippen molar-refractivity contribution < 1.29 is 19.1 Å². The zero-order valence-electron chi connectivity index (χ0n) is 18.2. The molecule has 3 aromatic rings. The minimum atomic E-state index is -0.866. The van der Waals surface area contributed by atoms with Crippen molar-refractivity contribution in [2.75, 3.05) is 17.2 Å². The first kappa shape index (κ1) is 23.3. The van der Waals surface area contributed by atoms with Crippen LogP contribution < -0.4 is 16.2 Å². The third-order valence-electron chi connectivity index (χ3n) is 5.53. The van der Waals surface area contributed by atoms with E-state index in [0.717, 1.165) is 0 Å². The van der Waals surface area contributed by atoms with Crippen molar-refractivity contribution in [1.29, 1.82) is 0 Å². The van der Waals surface area contributed by atoms with Gasteiger partial charge in [-0.15, -0.1) is 0 Å². The first-order chi connectivity index (χ1) is 16.4. The second-order valence-electron chi connectivity index (χ2n) is 7.77. The number of nitrogens with zero attached hydrogens (tertiary/aromatic N) is 1. The lowest BCUT2D eigenvalue weighted by molar-refractivity contribution is -0.146. The van der Waals surface area contributed by atoms with Gasteiger partial charge in [0.2, 0.25) is 11.8 Å². The van der Waals surface area contributed by atoms with E-state index in [2.05, 4.69) is 10.6 Å². The van der Waals surface area contributed by atoms with Gasteiger partial charge in [0.05, 0.1) is 24.4 Å². The molecule has 1 fully saturated rings. The number of anilines is 2. The summed E-state index contributed by atoms with van der Waals surface area (Å²) in [6.07, 6.45) is 1.65. The fraction of sp³-hybridized carbons (Fsp3) is 0.200. The van der Waals surface area contributed by atoms with Crippen LogP contribution >= 0.6 is 11.6 Å². The maximum atomic E-state index is 12.9. The van der Waals surface area contributed by atoms with Gasteiger partial charge in [-0.25, -0.2) is 0 Å². The Bertz CT molecular complexity index is 1270. The highest BCUT2D eigenvalue weighted by atomic mass is 35.5. The van der Waals surface area contributed by atoms with E-state index in [9.17, 15) is 19.2 Å². The smallest absolute Gasteiger partial charge is 0.310 e. The van der Waals surface area contributed by atoms with Crippen LogP contribution in [0.2, 0.25) is 5.02 Å². The van der Waals surface area contributed by atoms with Crippen molar-refractivity contribution in [2.45, 2.75) is 6.92 Å². The van der Waals surface area contributed by atoms with Crippen molar-refractivity contribution in [3.8, 4) is 5.69 Å². The minimum Gasteiger partial charge on any atom is -0.466 e. The molecule has 0 radical (unpaired) electrons. The Morgan fingerprint density at radius 1 is 0.853 bits per heavy atom. The lowest BCUT2D eigenvalue weighted by atomic mass is 10.2. The van der Waals surface area contributed by atoms with E-state index in [4.69, 9.17) is 16.3 Å². The van der Waals surface area contributed by atoms with Gasteiger partial charge in [0.15, 0.2) is 0 Å². The highest BCUT2D eigenvalue weighted by Gasteiger charge is 2.63. The van der Waals surface area contributed by atoms with Crippen LogP contribution in [0.5, 0.6) is 0 Å². The zero-order valence-corrected chi connectivity index (χ0v) is 19.0. The second-order valence-corrected chi connectivity index (χ2v) is 8.21. The van der Waals surface area contributed by atoms with Crippen LogP contribution in [0.4, 0.5) is 11.4 Å². The number of esters is 1. The molecule has 4 rings (SSSR count). The van der Waals surface area contributed by atoms with Crippen LogP contribution in [-0.4, -0.2) is 29.0 Å². The molecule has 0 saturated heterocycles. The molecule has 174 valence electrons. The molecular weight excluding hydrogens is 458 g/mol. The maximum Gasteiger partial charge on any atom is 0.310 e. The summed E-state index contributed by atoms with van der Waals surface area (Å²) in [5, 5.41) is 5.99. The quantitative estimate of drug-likeness (QED) is 0.504. The normalized spacial score (nSPS) is 18.6. The SMILES string of the molecule is CCOC(=O)C1C(C(=O)Nc2ccc(Cl)cc2)C1C(=O)Nc1ccc(-n2ccccc2=O)cc1. The molecule has 2 amide bonds. The maximum absolute atomic E-state index is 12.9. The molecule has 1 aromatic heterocycles. The van der Waals surface area contributed by atoms with Crippen LogP contribution in [0.25, 0.3) is 5.69 Å². The summed E-state index contributed by atoms with van der Waals surface area (Å²) >= 11 is 5.87. The topological polar surface area (TPSA) is 106 Å². The van der Waals surface area contributed by atoms with Crippen LogP contribution in [0.1, 0.15) is 6.92 Å². The first-order valence-corrected chi connectivity index (χ1v) is 11.1. The molecule has 1 heterocycles. The summed E-state index contributed by atoms with van der Waals surface area (Å²) in [7, 11) is 0. The predicted molar refractivity (Wildman–Crippen MR) is 128 cm³/mol. The molecule has 34 heavy (non-hydrogen) atoms. The van der Waals surface area contributed by atoms with Crippen molar-refractivity contribution >= 4 is 40.8 Å². The Balaban J connectivity index is 1.47. The molecule has 1 saturated carbocycles.